The number of aliphatic hydroxyl groups excluding tert-OH is 3. The van der Waals surface area contributed by atoms with E-state index in [1.165, 1.54) is 6.92 Å². The molecule has 1 rings (SSSR count). The number of rotatable bonds is 5. The summed E-state index contributed by atoms with van der Waals surface area (Å²) in [6.07, 6.45) is -1.48. The van der Waals surface area contributed by atoms with Crippen LogP contribution in [0.2, 0.25) is 0 Å². The lowest BCUT2D eigenvalue weighted by atomic mass is 10.0. The SMILES string of the molecule is C/C(O)=C1/C(O)NC(CC(=O)OCCC(C)C)C1O. The molecule has 0 aromatic heterocycles. The maximum Gasteiger partial charge on any atom is 0.307 e. The highest BCUT2D eigenvalue weighted by Crippen LogP contribution is 2.23. The molecule has 6 heteroatoms. The van der Waals surface area contributed by atoms with Gasteiger partial charge in [-0.25, -0.2) is 0 Å². The molecular weight excluding hydrogens is 250 g/mol. The van der Waals surface area contributed by atoms with Crippen LogP contribution in [0.3, 0.4) is 0 Å². The van der Waals surface area contributed by atoms with Crippen molar-refractivity contribution in [2.24, 2.45) is 5.92 Å². The molecule has 110 valence electrons. The molecule has 3 atom stereocenters. The molecule has 0 aromatic carbocycles. The zero-order valence-electron chi connectivity index (χ0n) is 11.6. The maximum absolute atomic E-state index is 11.6. The summed E-state index contributed by atoms with van der Waals surface area (Å²) in [4.78, 5) is 11.6. The fourth-order valence-corrected chi connectivity index (χ4v) is 1.99. The fraction of sp³-hybridized carbons (Fsp3) is 0.769. The Morgan fingerprint density at radius 3 is 2.53 bits per heavy atom. The zero-order chi connectivity index (χ0) is 14.6. The van der Waals surface area contributed by atoms with E-state index in [2.05, 4.69) is 5.32 Å². The first kappa shape index (κ1) is 15.9. The van der Waals surface area contributed by atoms with Crippen molar-refractivity contribution in [2.45, 2.75) is 52.0 Å². The second-order valence-electron chi connectivity index (χ2n) is 5.27. The second-order valence-corrected chi connectivity index (χ2v) is 5.27. The van der Waals surface area contributed by atoms with Crippen molar-refractivity contribution < 1.29 is 24.9 Å². The van der Waals surface area contributed by atoms with Gasteiger partial charge in [-0.1, -0.05) is 13.8 Å². The van der Waals surface area contributed by atoms with E-state index in [4.69, 9.17) is 4.74 Å². The molecule has 4 N–H and O–H groups in total. The van der Waals surface area contributed by atoms with Crippen LogP contribution in [0.1, 0.15) is 33.6 Å². The van der Waals surface area contributed by atoms with Crippen LogP contribution in [0.25, 0.3) is 0 Å². The Balaban J connectivity index is 2.46. The third-order valence-corrected chi connectivity index (χ3v) is 3.13. The summed E-state index contributed by atoms with van der Waals surface area (Å²) >= 11 is 0. The third kappa shape index (κ3) is 4.49. The predicted octanol–water partition coefficient (Wildman–Crippen LogP) is 0.449. The smallest absolute Gasteiger partial charge is 0.307 e. The lowest BCUT2D eigenvalue weighted by Crippen LogP contribution is -2.35. The maximum atomic E-state index is 11.6. The highest BCUT2D eigenvalue weighted by molar-refractivity contribution is 5.70. The third-order valence-electron chi connectivity index (χ3n) is 3.13. The first-order chi connectivity index (χ1) is 8.82. The van der Waals surface area contributed by atoms with Gasteiger partial charge in [-0.15, -0.1) is 0 Å². The Labute approximate surface area is 113 Å². The highest BCUT2D eigenvalue weighted by atomic mass is 16.5. The van der Waals surface area contributed by atoms with Gasteiger partial charge in [0.1, 0.15) is 6.23 Å². The van der Waals surface area contributed by atoms with Gasteiger partial charge in [0, 0.05) is 5.57 Å². The van der Waals surface area contributed by atoms with Gasteiger partial charge in [0.15, 0.2) is 0 Å². The number of carbonyl (C=O) groups is 1. The van der Waals surface area contributed by atoms with E-state index in [9.17, 15) is 20.1 Å². The number of ether oxygens (including phenoxy) is 1. The molecule has 1 saturated heterocycles. The van der Waals surface area contributed by atoms with Gasteiger partial charge < -0.3 is 20.1 Å². The molecule has 0 amide bonds. The van der Waals surface area contributed by atoms with Crippen molar-refractivity contribution in [1.82, 2.24) is 5.32 Å². The molecule has 1 heterocycles. The number of allylic oxidation sites excluding steroid dienone is 1. The van der Waals surface area contributed by atoms with Crippen molar-refractivity contribution in [3.63, 3.8) is 0 Å². The molecule has 0 spiro atoms. The van der Waals surface area contributed by atoms with E-state index in [1.807, 2.05) is 13.8 Å². The van der Waals surface area contributed by atoms with Crippen LogP contribution < -0.4 is 5.32 Å². The van der Waals surface area contributed by atoms with Crippen LogP contribution in [-0.2, 0) is 9.53 Å². The molecule has 0 saturated carbocycles. The average Bonchev–Trinajstić information content (AvgIpc) is 2.53. The zero-order valence-corrected chi connectivity index (χ0v) is 11.6. The first-order valence-corrected chi connectivity index (χ1v) is 6.50. The van der Waals surface area contributed by atoms with Gasteiger partial charge >= 0.3 is 5.97 Å². The minimum atomic E-state index is -1.13. The van der Waals surface area contributed by atoms with E-state index in [0.29, 0.717) is 12.5 Å². The minimum Gasteiger partial charge on any atom is -0.512 e. The number of hydrogen-bond acceptors (Lipinski definition) is 6. The first-order valence-electron chi connectivity index (χ1n) is 6.50. The number of carbonyl (C=O) groups excluding carboxylic acids is 1. The number of aliphatic hydroxyl groups is 3. The summed E-state index contributed by atoms with van der Waals surface area (Å²) in [5.74, 6) is -0.110. The lowest BCUT2D eigenvalue weighted by Gasteiger charge is -2.14. The average molecular weight is 273 g/mol. The minimum absolute atomic E-state index is 0.0485. The van der Waals surface area contributed by atoms with Crippen molar-refractivity contribution in [2.75, 3.05) is 6.61 Å². The quantitative estimate of drug-likeness (QED) is 0.429. The van der Waals surface area contributed by atoms with Crippen LogP contribution in [0.5, 0.6) is 0 Å². The molecule has 1 aliphatic rings. The van der Waals surface area contributed by atoms with Gasteiger partial charge in [0.2, 0.25) is 0 Å². The Bertz CT molecular complexity index is 349. The summed E-state index contributed by atoms with van der Waals surface area (Å²) in [5, 5.41) is 31.5. The number of nitrogens with one attached hydrogen (secondary N) is 1. The Kier molecular flexibility index (Phi) is 5.78. The van der Waals surface area contributed by atoms with Gasteiger partial charge in [-0.05, 0) is 19.3 Å². The monoisotopic (exact) mass is 273 g/mol. The van der Waals surface area contributed by atoms with Crippen LogP contribution in [0, 0.1) is 5.92 Å². The van der Waals surface area contributed by atoms with Gasteiger partial charge in [0.25, 0.3) is 0 Å². The van der Waals surface area contributed by atoms with E-state index in [0.717, 1.165) is 6.42 Å². The summed E-state index contributed by atoms with van der Waals surface area (Å²) in [6.45, 7) is 5.80. The lowest BCUT2D eigenvalue weighted by molar-refractivity contribution is -0.145. The van der Waals surface area contributed by atoms with E-state index >= 15 is 0 Å². The molecule has 6 nitrogen and oxygen atoms in total. The summed E-state index contributed by atoms with van der Waals surface area (Å²) in [7, 11) is 0. The molecule has 1 fully saturated rings. The highest BCUT2D eigenvalue weighted by Gasteiger charge is 2.39. The largest absolute Gasteiger partial charge is 0.512 e. The van der Waals surface area contributed by atoms with Crippen molar-refractivity contribution in [3.05, 3.63) is 11.3 Å². The van der Waals surface area contributed by atoms with Gasteiger partial charge in [-0.3, -0.25) is 10.1 Å². The van der Waals surface area contributed by atoms with E-state index in [-0.39, 0.29) is 17.8 Å². The molecular formula is C13H23NO5. The normalized spacial score (nSPS) is 29.7. The van der Waals surface area contributed by atoms with Crippen LogP contribution in [0.4, 0.5) is 0 Å². The van der Waals surface area contributed by atoms with Crippen molar-refractivity contribution in [3.8, 4) is 0 Å². The van der Waals surface area contributed by atoms with Crippen molar-refractivity contribution in [1.29, 1.82) is 0 Å². The standard InChI is InChI=1S/C13H23NO5/c1-7(2)4-5-19-10(16)6-9-12(17)11(8(3)15)13(18)14-9/h7,9,12-15,17-18H,4-6H2,1-3H3/b11-8-. The van der Waals surface area contributed by atoms with E-state index in [1.54, 1.807) is 0 Å². The molecule has 0 radical (unpaired) electrons. The van der Waals surface area contributed by atoms with Crippen LogP contribution in [-0.4, -0.2) is 46.3 Å². The predicted molar refractivity (Wildman–Crippen MR) is 69.3 cm³/mol. The molecule has 3 unspecified atom stereocenters. The van der Waals surface area contributed by atoms with Gasteiger partial charge in [0.05, 0.1) is 30.9 Å². The molecule has 19 heavy (non-hydrogen) atoms. The summed E-state index contributed by atoms with van der Waals surface area (Å²) < 4.78 is 5.04. The molecule has 0 aromatic rings. The molecule has 1 aliphatic heterocycles. The van der Waals surface area contributed by atoms with Gasteiger partial charge in [-0.2, -0.15) is 0 Å². The van der Waals surface area contributed by atoms with Crippen LogP contribution >= 0.6 is 0 Å². The summed E-state index contributed by atoms with van der Waals surface area (Å²) in [5.41, 5.74) is 0.111. The second kappa shape index (κ2) is 6.88. The number of esters is 1. The topological polar surface area (TPSA) is 99.0 Å². The van der Waals surface area contributed by atoms with E-state index < -0.39 is 24.3 Å². The Morgan fingerprint density at radius 2 is 2.05 bits per heavy atom. The molecule has 0 aliphatic carbocycles. The molecule has 0 bridgehead atoms. The fourth-order valence-electron chi connectivity index (χ4n) is 1.99. The summed E-state index contributed by atoms with van der Waals surface area (Å²) in [6, 6.07) is -0.640. The Hall–Kier alpha value is -1.11. The number of hydrogen-bond donors (Lipinski definition) is 4. The Morgan fingerprint density at radius 1 is 1.42 bits per heavy atom. The van der Waals surface area contributed by atoms with Crippen LogP contribution in [0.15, 0.2) is 11.3 Å². The van der Waals surface area contributed by atoms with Crippen molar-refractivity contribution >= 4 is 5.97 Å².